The Bertz CT molecular complexity index is 1180. The monoisotopic (exact) mass is 526 g/mol. The van der Waals surface area contributed by atoms with Gasteiger partial charge in [0.15, 0.2) is 0 Å². The molecule has 0 unspecified atom stereocenters. The van der Waals surface area contributed by atoms with Crippen LogP contribution >= 0.6 is 0 Å². The number of ether oxygens (including phenoxy) is 1. The van der Waals surface area contributed by atoms with Crippen LogP contribution in [0.2, 0.25) is 14.8 Å². The fourth-order valence-electron chi connectivity index (χ4n) is 4.01. The Hall–Kier alpha value is -2.78. The van der Waals surface area contributed by atoms with Crippen LogP contribution in [-0.4, -0.2) is 25.5 Å². The van der Waals surface area contributed by atoms with Gasteiger partial charge in [-0.3, -0.25) is 0 Å². The van der Waals surface area contributed by atoms with E-state index in [1.54, 1.807) is 10.7 Å². The van der Waals surface area contributed by atoms with Crippen molar-refractivity contribution in [3.8, 4) is 5.75 Å². The topological polar surface area (TPSA) is 9.23 Å². The molecule has 160 valence electrons. The van der Waals surface area contributed by atoms with E-state index in [4.69, 9.17) is 4.74 Å². The maximum atomic E-state index is 5.42. The minimum absolute atomic E-state index is 0.865. The van der Waals surface area contributed by atoms with Gasteiger partial charge in [-0.05, 0) is 0 Å². The zero-order valence-electron chi connectivity index (χ0n) is 19.3. The fourth-order valence-corrected chi connectivity index (χ4v) is 7.34. The summed E-state index contributed by atoms with van der Waals surface area (Å²) < 4.78 is 6.96. The van der Waals surface area contributed by atoms with Gasteiger partial charge >= 0.3 is 197 Å². The van der Waals surface area contributed by atoms with Gasteiger partial charge in [0, 0.05) is 0 Å². The first-order valence-electron chi connectivity index (χ1n) is 11.1. The molecule has 0 N–H and O–H groups in total. The molecule has 0 saturated carbocycles. The SMILES string of the molecule is COc1ccc(C(=C(c2ccccc2)c2cc[c]([Sn]([CH3])([CH3])[CH3])cc2)c2ccccc2)cc1. The van der Waals surface area contributed by atoms with Gasteiger partial charge in [-0.15, -0.1) is 0 Å². The van der Waals surface area contributed by atoms with Gasteiger partial charge < -0.3 is 0 Å². The molecule has 0 heterocycles. The summed E-state index contributed by atoms with van der Waals surface area (Å²) in [6.45, 7) is 0. The van der Waals surface area contributed by atoms with E-state index < -0.39 is 18.4 Å². The minimum atomic E-state index is -2.13. The Morgan fingerprint density at radius 2 is 0.875 bits per heavy atom. The van der Waals surface area contributed by atoms with Crippen LogP contribution < -0.4 is 8.32 Å². The summed E-state index contributed by atoms with van der Waals surface area (Å²) in [5.74, 6) is 0.865. The van der Waals surface area contributed by atoms with Crippen molar-refractivity contribution in [2.45, 2.75) is 14.8 Å². The molecule has 0 aliphatic carbocycles. The van der Waals surface area contributed by atoms with Crippen molar-refractivity contribution in [3.05, 3.63) is 131 Å². The standard InChI is InChI=1S/C27H21O.3CH3.Sn/c1-28-25-19-17-24(18-20-25)27(23-15-9-4-10-16-23)26(21-11-5-2-6-12-21)22-13-7-3-8-14-22;;;;/h2,4-20H,1H3;3*1H3;. The van der Waals surface area contributed by atoms with Crippen molar-refractivity contribution in [2.24, 2.45) is 0 Å². The molecule has 0 amide bonds. The fraction of sp³-hybridized carbons (Fsp3) is 0.133. The molecule has 0 spiro atoms. The van der Waals surface area contributed by atoms with Crippen molar-refractivity contribution < 1.29 is 4.74 Å². The Kier molecular flexibility index (Phi) is 6.85. The summed E-state index contributed by atoms with van der Waals surface area (Å²) in [5, 5.41) is 0. The van der Waals surface area contributed by atoms with Crippen LogP contribution in [0.5, 0.6) is 5.75 Å². The molecule has 1 nitrogen and oxygen atoms in total. The molecular weight excluding hydrogens is 495 g/mol. The molecule has 0 atom stereocenters. The molecule has 0 aliphatic rings. The van der Waals surface area contributed by atoms with Gasteiger partial charge in [-0.1, -0.05) is 0 Å². The van der Waals surface area contributed by atoms with E-state index in [9.17, 15) is 0 Å². The average molecular weight is 525 g/mol. The van der Waals surface area contributed by atoms with Crippen LogP contribution in [0.1, 0.15) is 22.3 Å². The number of benzene rings is 4. The summed E-state index contributed by atoms with van der Waals surface area (Å²) in [7, 11) is 1.71. The third-order valence-corrected chi connectivity index (χ3v) is 11.7. The average Bonchev–Trinajstić information content (AvgIpc) is 2.83. The van der Waals surface area contributed by atoms with E-state index in [2.05, 4.69) is 112 Å². The molecule has 0 aromatic heterocycles. The van der Waals surface area contributed by atoms with Gasteiger partial charge in [0.2, 0.25) is 0 Å². The van der Waals surface area contributed by atoms with Crippen molar-refractivity contribution in [1.29, 1.82) is 0 Å². The van der Waals surface area contributed by atoms with Crippen LogP contribution in [0.3, 0.4) is 0 Å². The normalized spacial score (nSPS) is 12.2. The number of hydrogen-bond acceptors (Lipinski definition) is 1. The van der Waals surface area contributed by atoms with Gasteiger partial charge in [0.25, 0.3) is 0 Å². The van der Waals surface area contributed by atoms with E-state index in [0.717, 1.165) is 5.75 Å². The molecule has 4 aromatic carbocycles. The van der Waals surface area contributed by atoms with Crippen LogP contribution in [0, 0.1) is 0 Å². The molecule has 32 heavy (non-hydrogen) atoms. The second kappa shape index (κ2) is 9.79. The molecule has 4 rings (SSSR count). The molecule has 0 saturated heterocycles. The van der Waals surface area contributed by atoms with Crippen molar-refractivity contribution in [1.82, 2.24) is 0 Å². The van der Waals surface area contributed by atoms with E-state index in [0.29, 0.717) is 0 Å². The molecule has 0 radical (unpaired) electrons. The Morgan fingerprint density at radius 3 is 1.25 bits per heavy atom. The molecular formula is C30H30OSn. The van der Waals surface area contributed by atoms with E-state index in [1.807, 2.05) is 12.1 Å². The van der Waals surface area contributed by atoms with Crippen molar-refractivity contribution in [3.63, 3.8) is 0 Å². The third-order valence-electron chi connectivity index (χ3n) is 5.79. The summed E-state index contributed by atoms with van der Waals surface area (Å²) in [5.41, 5.74) is 7.31. The molecule has 2 heteroatoms. The second-order valence-electron chi connectivity index (χ2n) is 9.04. The third kappa shape index (κ3) is 4.99. The second-order valence-corrected chi connectivity index (χ2v) is 23.5. The first-order chi connectivity index (χ1) is 15.5. The summed E-state index contributed by atoms with van der Waals surface area (Å²) in [6, 6.07) is 39.1. The first-order valence-corrected chi connectivity index (χ1v) is 21.1. The van der Waals surface area contributed by atoms with E-state index >= 15 is 0 Å². The van der Waals surface area contributed by atoms with Gasteiger partial charge in [0.1, 0.15) is 0 Å². The number of hydrogen-bond donors (Lipinski definition) is 0. The molecule has 0 fully saturated rings. The summed E-state index contributed by atoms with van der Waals surface area (Å²) in [6.07, 6.45) is 0. The van der Waals surface area contributed by atoms with Crippen LogP contribution in [0.4, 0.5) is 0 Å². The zero-order valence-corrected chi connectivity index (χ0v) is 22.2. The van der Waals surface area contributed by atoms with Crippen LogP contribution in [0.15, 0.2) is 109 Å². The number of rotatable bonds is 6. The van der Waals surface area contributed by atoms with Crippen molar-refractivity contribution in [2.75, 3.05) is 7.11 Å². The zero-order chi connectivity index (χ0) is 22.6. The van der Waals surface area contributed by atoms with Gasteiger partial charge in [0.05, 0.1) is 0 Å². The Balaban J connectivity index is 2.02. The van der Waals surface area contributed by atoms with Gasteiger partial charge in [-0.2, -0.15) is 0 Å². The summed E-state index contributed by atoms with van der Waals surface area (Å²) >= 11 is -2.13. The number of methoxy groups -OCH3 is 1. The quantitative estimate of drug-likeness (QED) is 0.191. The predicted octanol–water partition coefficient (Wildman–Crippen LogP) is 7.25. The van der Waals surface area contributed by atoms with E-state index in [1.165, 1.54) is 33.4 Å². The Morgan fingerprint density at radius 1 is 0.500 bits per heavy atom. The van der Waals surface area contributed by atoms with Crippen molar-refractivity contribution >= 4 is 33.1 Å². The van der Waals surface area contributed by atoms with E-state index in [-0.39, 0.29) is 0 Å². The summed E-state index contributed by atoms with van der Waals surface area (Å²) in [4.78, 5) is 7.39. The Labute approximate surface area is 196 Å². The van der Waals surface area contributed by atoms with Crippen LogP contribution in [0.25, 0.3) is 11.1 Å². The first kappa shape index (κ1) is 22.4. The predicted molar refractivity (Wildman–Crippen MR) is 140 cm³/mol. The maximum absolute atomic E-state index is 5.42. The van der Waals surface area contributed by atoms with Gasteiger partial charge in [-0.25, -0.2) is 0 Å². The molecule has 0 aliphatic heterocycles. The molecule has 4 aromatic rings. The van der Waals surface area contributed by atoms with Crippen LogP contribution in [-0.2, 0) is 0 Å². The molecule has 0 bridgehead atoms.